The lowest BCUT2D eigenvalue weighted by Gasteiger charge is -1.97. The van der Waals surface area contributed by atoms with Gasteiger partial charge in [0.25, 0.3) is 0 Å². The van der Waals surface area contributed by atoms with E-state index in [1.165, 1.54) is 4.68 Å². The van der Waals surface area contributed by atoms with E-state index in [-0.39, 0.29) is 5.75 Å². The summed E-state index contributed by atoms with van der Waals surface area (Å²) >= 11 is 0. The lowest BCUT2D eigenvalue weighted by atomic mass is 10.1. The van der Waals surface area contributed by atoms with E-state index in [1.807, 2.05) is 30.5 Å². The van der Waals surface area contributed by atoms with Gasteiger partial charge in [-0.25, -0.2) is 0 Å². The van der Waals surface area contributed by atoms with E-state index in [2.05, 4.69) is 5.10 Å². The van der Waals surface area contributed by atoms with E-state index in [9.17, 15) is 5.11 Å². The van der Waals surface area contributed by atoms with Crippen LogP contribution < -0.4 is 0 Å². The Morgan fingerprint density at radius 1 is 1.06 bits per heavy atom. The van der Waals surface area contributed by atoms with E-state index < -0.39 is 0 Å². The number of aromatic nitrogens is 2. The number of phenolic OH excluding ortho intramolecular Hbond substituents is 1. The van der Waals surface area contributed by atoms with Crippen molar-refractivity contribution in [2.45, 2.75) is 0 Å². The Morgan fingerprint density at radius 2 is 1.78 bits per heavy atom. The van der Waals surface area contributed by atoms with E-state index in [0.717, 1.165) is 22.2 Å². The molecule has 4 nitrogen and oxygen atoms in total. The van der Waals surface area contributed by atoms with E-state index >= 15 is 0 Å². The quantitative estimate of drug-likeness (QED) is 0.705. The molecule has 86 valence electrons. The fourth-order valence-electron chi connectivity index (χ4n) is 1.98. The van der Waals surface area contributed by atoms with Crippen LogP contribution in [0, 0.1) is 11.5 Å². The van der Waals surface area contributed by atoms with Crippen LogP contribution in [0.2, 0.25) is 0 Å². The molecule has 18 heavy (non-hydrogen) atoms. The third-order valence-electron chi connectivity index (χ3n) is 2.82. The number of hydrogen-bond acceptors (Lipinski definition) is 3. The summed E-state index contributed by atoms with van der Waals surface area (Å²) < 4.78 is 1.30. The van der Waals surface area contributed by atoms with E-state index in [0.29, 0.717) is 0 Å². The van der Waals surface area contributed by atoms with E-state index in [4.69, 9.17) is 5.26 Å². The van der Waals surface area contributed by atoms with Gasteiger partial charge in [0.2, 0.25) is 6.19 Å². The third-order valence-corrected chi connectivity index (χ3v) is 2.82. The molecule has 0 saturated heterocycles. The minimum absolute atomic E-state index is 0.211. The lowest BCUT2D eigenvalue weighted by Crippen LogP contribution is -1.89. The maximum atomic E-state index is 9.29. The highest BCUT2D eigenvalue weighted by Crippen LogP contribution is 2.28. The van der Waals surface area contributed by atoms with Crippen molar-refractivity contribution >= 4 is 10.9 Å². The lowest BCUT2D eigenvalue weighted by molar-refractivity contribution is 0.475. The fraction of sp³-hybridized carbons (Fsp3) is 0. The first-order chi connectivity index (χ1) is 8.79. The maximum Gasteiger partial charge on any atom is 0.206 e. The molecule has 0 bridgehead atoms. The van der Waals surface area contributed by atoms with Gasteiger partial charge in [-0.1, -0.05) is 18.2 Å². The summed E-state index contributed by atoms with van der Waals surface area (Å²) in [5.74, 6) is 0.211. The van der Waals surface area contributed by atoms with Crippen molar-refractivity contribution < 1.29 is 5.11 Å². The van der Waals surface area contributed by atoms with Crippen molar-refractivity contribution in [3.05, 3.63) is 48.5 Å². The number of para-hydroxylation sites is 1. The summed E-state index contributed by atoms with van der Waals surface area (Å²) in [6.45, 7) is 0. The van der Waals surface area contributed by atoms with Gasteiger partial charge >= 0.3 is 0 Å². The van der Waals surface area contributed by atoms with Crippen LogP contribution in [-0.4, -0.2) is 14.9 Å². The number of benzene rings is 2. The number of rotatable bonds is 1. The van der Waals surface area contributed by atoms with Gasteiger partial charge in [-0.15, -0.1) is 0 Å². The molecule has 2 aromatic carbocycles. The molecule has 0 aliphatic carbocycles. The standard InChI is InChI=1S/C14H9N3O/c15-9-17-13-4-2-1-3-12(13)14(16-17)10-5-7-11(18)8-6-10/h1-8,18H. The third kappa shape index (κ3) is 1.50. The van der Waals surface area contributed by atoms with Crippen molar-refractivity contribution in [1.29, 1.82) is 5.26 Å². The van der Waals surface area contributed by atoms with Gasteiger partial charge < -0.3 is 5.11 Å². The monoisotopic (exact) mass is 235 g/mol. The highest BCUT2D eigenvalue weighted by Gasteiger charge is 2.11. The fourth-order valence-corrected chi connectivity index (χ4v) is 1.98. The molecule has 0 spiro atoms. The second kappa shape index (κ2) is 3.90. The Bertz CT molecular complexity index is 751. The molecule has 0 radical (unpaired) electrons. The van der Waals surface area contributed by atoms with Gasteiger partial charge in [0.1, 0.15) is 11.4 Å². The minimum atomic E-state index is 0.211. The molecule has 0 amide bonds. The average molecular weight is 235 g/mol. The molecule has 0 fully saturated rings. The van der Waals surface area contributed by atoms with Crippen molar-refractivity contribution in [3.8, 4) is 23.2 Å². The number of phenols is 1. The second-order valence-corrected chi connectivity index (χ2v) is 3.92. The van der Waals surface area contributed by atoms with Gasteiger partial charge in [0, 0.05) is 10.9 Å². The first-order valence-corrected chi connectivity index (χ1v) is 5.47. The molecule has 3 aromatic rings. The van der Waals surface area contributed by atoms with Crippen molar-refractivity contribution in [2.75, 3.05) is 0 Å². The molecule has 0 aliphatic rings. The normalized spacial score (nSPS) is 10.4. The topological polar surface area (TPSA) is 61.8 Å². The van der Waals surface area contributed by atoms with Crippen LogP contribution in [0.15, 0.2) is 48.5 Å². The predicted octanol–water partition coefficient (Wildman–Crippen LogP) is 2.74. The van der Waals surface area contributed by atoms with Crippen LogP contribution >= 0.6 is 0 Å². The molecular weight excluding hydrogens is 226 g/mol. The Hall–Kier alpha value is -2.80. The van der Waals surface area contributed by atoms with Gasteiger partial charge in [0.05, 0.1) is 5.52 Å². The largest absolute Gasteiger partial charge is 0.508 e. The second-order valence-electron chi connectivity index (χ2n) is 3.92. The van der Waals surface area contributed by atoms with Gasteiger partial charge in [0.15, 0.2) is 0 Å². The Morgan fingerprint density at radius 3 is 2.50 bits per heavy atom. The van der Waals surface area contributed by atoms with Crippen LogP contribution in [0.1, 0.15) is 0 Å². The number of hydrogen-bond donors (Lipinski definition) is 1. The minimum Gasteiger partial charge on any atom is -0.508 e. The summed E-state index contributed by atoms with van der Waals surface area (Å²) in [7, 11) is 0. The summed E-state index contributed by atoms with van der Waals surface area (Å²) in [6, 6.07) is 14.4. The van der Waals surface area contributed by atoms with Gasteiger partial charge in [-0.3, -0.25) is 0 Å². The van der Waals surface area contributed by atoms with E-state index in [1.54, 1.807) is 24.3 Å². The number of nitrogens with zero attached hydrogens (tertiary/aromatic N) is 3. The van der Waals surface area contributed by atoms with Crippen LogP contribution in [0.4, 0.5) is 0 Å². The van der Waals surface area contributed by atoms with Crippen LogP contribution in [0.5, 0.6) is 5.75 Å². The predicted molar refractivity (Wildman–Crippen MR) is 67.8 cm³/mol. The number of fused-ring (bicyclic) bond motifs is 1. The molecule has 1 heterocycles. The van der Waals surface area contributed by atoms with Gasteiger partial charge in [-0.05, 0) is 30.3 Å². The molecule has 0 saturated carbocycles. The zero-order valence-corrected chi connectivity index (χ0v) is 9.41. The SMILES string of the molecule is N#Cn1nc(-c2ccc(O)cc2)c2ccccc21. The van der Waals surface area contributed by atoms with Crippen LogP contribution in [0.25, 0.3) is 22.2 Å². The zero-order valence-electron chi connectivity index (χ0n) is 9.41. The summed E-state index contributed by atoms with van der Waals surface area (Å²) in [4.78, 5) is 0. The molecule has 1 aromatic heterocycles. The van der Waals surface area contributed by atoms with Crippen LogP contribution in [0.3, 0.4) is 0 Å². The first kappa shape index (κ1) is 10.4. The number of nitriles is 1. The Kier molecular flexibility index (Phi) is 2.24. The molecule has 4 heteroatoms. The molecule has 3 rings (SSSR count). The van der Waals surface area contributed by atoms with Gasteiger partial charge in [-0.2, -0.15) is 15.0 Å². The molecule has 0 unspecified atom stereocenters. The zero-order chi connectivity index (χ0) is 12.5. The van der Waals surface area contributed by atoms with Crippen molar-refractivity contribution in [3.63, 3.8) is 0 Å². The Labute approximate surface area is 103 Å². The first-order valence-electron chi connectivity index (χ1n) is 5.47. The summed E-state index contributed by atoms with van der Waals surface area (Å²) in [5.41, 5.74) is 2.40. The summed E-state index contributed by atoms with van der Waals surface area (Å²) in [5, 5.41) is 23.5. The molecule has 1 N–H and O–H groups in total. The molecule has 0 aliphatic heterocycles. The summed E-state index contributed by atoms with van der Waals surface area (Å²) in [6.07, 6.45) is 2.03. The highest BCUT2D eigenvalue weighted by molar-refractivity contribution is 5.93. The number of aromatic hydroxyl groups is 1. The van der Waals surface area contributed by atoms with Crippen LogP contribution in [-0.2, 0) is 0 Å². The highest BCUT2D eigenvalue weighted by atomic mass is 16.3. The molecular formula is C14H9N3O. The Balaban J connectivity index is 2.30. The smallest absolute Gasteiger partial charge is 0.206 e. The average Bonchev–Trinajstić information content (AvgIpc) is 2.79. The van der Waals surface area contributed by atoms with Crippen molar-refractivity contribution in [2.24, 2.45) is 0 Å². The molecule has 0 atom stereocenters. The van der Waals surface area contributed by atoms with Crippen molar-refractivity contribution in [1.82, 2.24) is 9.78 Å². The maximum absolute atomic E-state index is 9.29.